The molecule has 0 radical (unpaired) electrons. The maximum atomic E-state index is 5.83. The van der Waals surface area contributed by atoms with Crippen LogP contribution in [0.15, 0.2) is 29.3 Å². The van der Waals surface area contributed by atoms with Gasteiger partial charge in [-0.1, -0.05) is 0 Å². The monoisotopic (exact) mass is 220 g/mol. The zero-order valence-corrected chi connectivity index (χ0v) is 9.90. The van der Waals surface area contributed by atoms with E-state index in [1.54, 1.807) is 11.8 Å². The highest BCUT2D eigenvalue weighted by molar-refractivity contribution is 7.98. The molecule has 0 aliphatic carbocycles. The van der Waals surface area contributed by atoms with Crippen molar-refractivity contribution in [3.05, 3.63) is 30.0 Å². The maximum Gasteiger partial charge on any atom is 0.0457 e. The quantitative estimate of drug-likeness (QED) is 0.781. The van der Waals surface area contributed by atoms with E-state index >= 15 is 0 Å². The zero-order valence-electron chi connectivity index (χ0n) is 9.08. The molecule has 0 fully saturated rings. The molecule has 1 heterocycles. The Kier molecular flexibility index (Phi) is 3.03. The molecule has 0 spiro atoms. The average molecular weight is 220 g/mol. The second-order valence-electron chi connectivity index (χ2n) is 3.91. The van der Waals surface area contributed by atoms with E-state index in [1.807, 2.05) is 6.92 Å². The van der Waals surface area contributed by atoms with Crippen molar-refractivity contribution in [3.8, 4) is 0 Å². The number of benzene rings is 1. The van der Waals surface area contributed by atoms with Crippen LogP contribution in [0.4, 0.5) is 0 Å². The number of hydrogen-bond donors (Lipinski definition) is 2. The molecule has 15 heavy (non-hydrogen) atoms. The Morgan fingerprint density at radius 1 is 1.47 bits per heavy atom. The van der Waals surface area contributed by atoms with Crippen LogP contribution in [-0.2, 0) is 6.42 Å². The van der Waals surface area contributed by atoms with Crippen molar-refractivity contribution < 1.29 is 0 Å². The van der Waals surface area contributed by atoms with E-state index in [9.17, 15) is 0 Å². The van der Waals surface area contributed by atoms with Crippen LogP contribution in [0.2, 0.25) is 0 Å². The van der Waals surface area contributed by atoms with Crippen molar-refractivity contribution in [1.82, 2.24) is 4.98 Å². The van der Waals surface area contributed by atoms with Gasteiger partial charge in [0.15, 0.2) is 0 Å². The number of thioether (sulfide) groups is 1. The fraction of sp³-hybridized carbons (Fsp3) is 0.333. The first-order valence-corrected chi connectivity index (χ1v) is 6.32. The summed E-state index contributed by atoms with van der Waals surface area (Å²) in [5, 5.41) is 1.30. The Labute approximate surface area is 94.2 Å². The Balaban J connectivity index is 2.46. The Morgan fingerprint density at radius 2 is 2.27 bits per heavy atom. The first-order valence-electron chi connectivity index (χ1n) is 5.10. The van der Waals surface area contributed by atoms with E-state index in [0.29, 0.717) is 0 Å². The molecule has 1 aromatic carbocycles. The molecule has 2 aromatic rings. The molecule has 2 rings (SSSR count). The van der Waals surface area contributed by atoms with Crippen molar-refractivity contribution in [2.75, 3.05) is 6.26 Å². The van der Waals surface area contributed by atoms with Gasteiger partial charge in [0.2, 0.25) is 0 Å². The number of fused-ring (bicyclic) bond motifs is 1. The number of rotatable bonds is 3. The Bertz CT molecular complexity index is 460. The number of nitrogens with one attached hydrogen (secondary N) is 1. The maximum absolute atomic E-state index is 5.83. The van der Waals surface area contributed by atoms with E-state index in [-0.39, 0.29) is 6.04 Å². The van der Waals surface area contributed by atoms with E-state index < -0.39 is 0 Å². The molecule has 1 unspecified atom stereocenters. The van der Waals surface area contributed by atoms with Crippen LogP contribution >= 0.6 is 11.8 Å². The van der Waals surface area contributed by atoms with Gasteiger partial charge in [0, 0.05) is 28.0 Å². The third-order valence-electron chi connectivity index (χ3n) is 2.52. The molecular weight excluding hydrogens is 204 g/mol. The molecule has 80 valence electrons. The minimum Gasteiger partial charge on any atom is -0.361 e. The number of aromatic nitrogens is 1. The van der Waals surface area contributed by atoms with Crippen LogP contribution in [0.3, 0.4) is 0 Å². The highest BCUT2D eigenvalue weighted by Crippen LogP contribution is 2.24. The van der Waals surface area contributed by atoms with Crippen molar-refractivity contribution in [2.24, 2.45) is 5.73 Å². The van der Waals surface area contributed by atoms with Gasteiger partial charge in [0.1, 0.15) is 0 Å². The van der Waals surface area contributed by atoms with Crippen LogP contribution < -0.4 is 5.73 Å². The number of aromatic amines is 1. The summed E-state index contributed by atoms with van der Waals surface area (Å²) >= 11 is 1.77. The summed E-state index contributed by atoms with van der Waals surface area (Å²) in [7, 11) is 0. The molecule has 0 saturated carbocycles. The van der Waals surface area contributed by atoms with Crippen LogP contribution in [0.1, 0.15) is 12.5 Å². The van der Waals surface area contributed by atoms with Gasteiger partial charge >= 0.3 is 0 Å². The second kappa shape index (κ2) is 4.29. The topological polar surface area (TPSA) is 41.8 Å². The van der Waals surface area contributed by atoms with E-state index in [0.717, 1.165) is 6.42 Å². The second-order valence-corrected chi connectivity index (χ2v) is 4.79. The molecule has 0 aliphatic heterocycles. The lowest BCUT2D eigenvalue weighted by Gasteiger charge is -2.03. The third kappa shape index (κ3) is 2.19. The van der Waals surface area contributed by atoms with Gasteiger partial charge in [0.25, 0.3) is 0 Å². The Hall–Kier alpha value is -0.930. The van der Waals surface area contributed by atoms with Crippen LogP contribution in [-0.4, -0.2) is 17.3 Å². The first-order chi connectivity index (χ1) is 7.20. The molecule has 3 N–H and O–H groups in total. The minimum absolute atomic E-state index is 0.210. The van der Waals surface area contributed by atoms with Crippen molar-refractivity contribution in [2.45, 2.75) is 24.3 Å². The summed E-state index contributed by atoms with van der Waals surface area (Å²) in [5.41, 5.74) is 8.34. The summed E-state index contributed by atoms with van der Waals surface area (Å²) < 4.78 is 0. The summed E-state index contributed by atoms with van der Waals surface area (Å²) in [4.78, 5) is 4.58. The van der Waals surface area contributed by atoms with Gasteiger partial charge in [0.05, 0.1) is 0 Å². The lowest BCUT2D eigenvalue weighted by atomic mass is 10.1. The number of H-pyrrole nitrogens is 1. The molecule has 3 heteroatoms. The van der Waals surface area contributed by atoms with Gasteiger partial charge in [-0.3, -0.25) is 0 Å². The van der Waals surface area contributed by atoms with Crippen LogP contribution in [0.25, 0.3) is 10.9 Å². The number of hydrogen-bond acceptors (Lipinski definition) is 2. The predicted octanol–water partition coefficient (Wildman–Crippen LogP) is 2.78. The van der Waals surface area contributed by atoms with E-state index in [4.69, 9.17) is 5.73 Å². The molecular formula is C12H16N2S. The molecule has 1 atom stereocenters. The Morgan fingerprint density at radius 3 is 2.93 bits per heavy atom. The SMILES string of the molecule is CSc1ccc2[nH]cc(CC(C)N)c2c1. The first kappa shape index (κ1) is 10.6. The van der Waals surface area contributed by atoms with E-state index in [2.05, 4.69) is 35.6 Å². The zero-order chi connectivity index (χ0) is 10.8. The smallest absolute Gasteiger partial charge is 0.0457 e. The molecule has 0 amide bonds. The normalized spacial score (nSPS) is 13.3. The van der Waals surface area contributed by atoms with Crippen molar-refractivity contribution in [1.29, 1.82) is 0 Å². The summed E-state index contributed by atoms with van der Waals surface area (Å²) in [6.07, 6.45) is 5.09. The summed E-state index contributed by atoms with van der Waals surface area (Å²) in [6, 6.07) is 6.71. The molecule has 2 nitrogen and oxygen atoms in total. The highest BCUT2D eigenvalue weighted by Gasteiger charge is 2.06. The van der Waals surface area contributed by atoms with Gasteiger partial charge in [-0.15, -0.1) is 11.8 Å². The number of nitrogens with two attached hydrogens (primary N) is 1. The van der Waals surface area contributed by atoms with Gasteiger partial charge < -0.3 is 10.7 Å². The average Bonchev–Trinajstić information content (AvgIpc) is 2.60. The highest BCUT2D eigenvalue weighted by atomic mass is 32.2. The largest absolute Gasteiger partial charge is 0.361 e. The fourth-order valence-electron chi connectivity index (χ4n) is 1.80. The molecule has 0 bridgehead atoms. The van der Waals surface area contributed by atoms with Gasteiger partial charge in [-0.05, 0) is 43.4 Å². The fourth-order valence-corrected chi connectivity index (χ4v) is 2.24. The van der Waals surface area contributed by atoms with Crippen molar-refractivity contribution >= 4 is 22.7 Å². The standard InChI is InChI=1S/C12H16N2S/c1-8(13)5-9-7-14-12-4-3-10(15-2)6-11(9)12/h3-4,6-8,14H,5,13H2,1-2H3. The molecule has 0 aliphatic rings. The predicted molar refractivity (Wildman–Crippen MR) is 67.4 cm³/mol. The molecule has 1 aromatic heterocycles. The summed E-state index contributed by atoms with van der Waals surface area (Å²) in [6.45, 7) is 2.04. The molecule has 0 saturated heterocycles. The van der Waals surface area contributed by atoms with Crippen LogP contribution in [0.5, 0.6) is 0 Å². The van der Waals surface area contributed by atoms with Gasteiger partial charge in [-0.25, -0.2) is 0 Å². The summed E-state index contributed by atoms with van der Waals surface area (Å²) in [5.74, 6) is 0. The minimum atomic E-state index is 0.210. The van der Waals surface area contributed by atoms with Crippen LogP contribution in [0, 0.1) is 0 Å². The lowest BCUT2D eigenvalue weighted by Crippen LogP contribution is -2.17. The van der Waals surface area contributed by atoms with Gasteiger partial charge in [-0.2, -0.15) is 0 Å². The van der Waals surface area contributed by atoms with E-state index in [1.165, 1.54) is 21.4 Å². The van der Waals surface area contributed by atoms with Crippen molar-refractivity contribution in [3.63, 3.8) is 0 Å². The third-order valence-corrected chi connectivity index (χ3v) is 3.24. The lowest BCUT2D eigenvalue weighted by molar-refractivity contribution is 0.741.